The lowest BCUT2D eigenvalue weighted by Gasteiger charge is -2.11. The molecule has 21 heavy (non-hydrogen) atoms. The van der Waals surface area contributed by atoms with Gasteiger partial charge in [-0.05, 0) is 49.2 Å². The molecule has 1 aromatic heterocycles. The molecule has 3 N–H and O–H groups in total. The molecule has 0 radical (unpaired) electrons. The number of aryl methyl sites for hydroxylation is 1. The van der Waals surface area contributed by atoms with E-state index in [0.29, 0.717) is 24.4 Å². The van der Waals surface area contributed by atoms with Crippen molar-refractivity contribution in [3.8, 4) is 0 Å². The van der Waals surface area contributed by atoms with Crippen LogP contribution in [-0.4, -0.2) is 17.6 Å². The molecule has 0 saturated heterocycles. The van der Waals surface area contributed by atoms with Crippen LogP contribution < -0.4 is 11.1 Å². The van der Waals surface area contributed by atoms with Crippen LogP contribution in [-0.2, 0) is 11.3 Å². The second kappa shape index (κ2) is 6.74. The van der Waals surface area contributed by atoms with E-state index in [2.05, 4.69) is 10.3 Å². The van der Waals surface area contributed by atoms with Crippen LogP contribution in [0.3, 0.4) is 0 Å². The molecule has 2 rings (SSSR count). The molecule has 0 bridgehead atoms. The number of nitrogens with one attached hydrogen (secondary N) is 1. The molecule has 5 heteroatoms. The summed E-state index contributed by atoms with van der Waals surface area (Å²) >= 11 is 0. The quantitative estimate of drug-likeness (QED) is 0.652. The molecule has 0 saturated carbocycles. The third-order valence-electron chi connectivity index (χ3n) is 3.18. The van der Waals surface area contributed by atoms with Crippen molar-refractivity contribution >= 4 is 17.3 Å². The minimum absolute atomic E-state index is 0.324. The molecule has 1 aromatic carbocycles. The van der Waals surface area contributed by atoms with Gasteiger partial charge in [0.1, 0.15) is 0 Å². The highest BCUT2D eigenvalue weighted by Crippen LogP contribution is 2.20. The summed E-state index contributed by atoms with van der Waals surface area (Å²) in [5, 5.41) is 3.26. The number of carbonyl (C=O) groups excluding carboxylic acids is 1. The van der Waals surface area contributed by atoms with Gasteiger partial charge >= 0.3 is 5.97 Å². The minimum atomic E-state index is -0.406. The van der Waals surface area contributed by atoms with E-state index in [1.54, 1.807) is 25.3 Å². The highest BCUT2D eigenvalue weighted by atomic mass is 16.5. The fourth-order valence-corrected chi connectivity index (χ4v) is 1.93. The maximum Gasteiger partial charge on any atom is 0.340 e. The van der Waals surface area contributed by atoms with Gasteiger partial charge in [-0.15, -0.1) is 0 Å². The van der Waals surface area contributed by atoms with Gasteiger partial charge < -0.3 is 15.8 Å². The summed E-state index contributed by atoms with van der Waals surface area (Å²) in [6.07, 6.45) is 3.59. The molecule has 0 unspecified atom stereocenters. The van der Waals surface area contributed by atoms with Gasteiger partial charge in [0.25, 0.3) is 0 Å². The molecule has 0 amide bonds. The normalized spacial score (nSPS) is 10.2. The highest BCUT2D eigenvalue weighted by molar-refractivity contribution is 5.96. The number of hydrogen-bond donors (Lipinski definition) is 2. The lowest BCUT2D eigenvalue weighted by molar-refractivity contribution is 0.0527. The molecular weight excluding hydrogens is 266 g/mol. The van der Waals surface area contributed by atoms with E-state index in [4.69, 9.17) is 10.5 Å². The van der Waals surface area contributed by atoms with Crippen molar-refractivity contribution in [2.45, 2.75) is 20.4 Å². The van der Waals surface area contributed by atoms with Gasteiger partial charge in [-0.25, -0.2) is 4.79 Å². The Balaban J connectivity index is 2.12. The molecule has 0 aliphatic heterocycles. The predicted molar refractivity (Wildman–Crippen MR) is 83.1 cm³/mol. The maximum absolute atomic E-state index is 11.8. The molecule has 2 aromatic rings. The fourth-order valence-electron chi connectivity index (χ4n) is 1.93. The van der Waals surface area contributed by atoms with Crippen LogP contribution in [0.15, 0.2) is 36.7 Å². The first-order valence-electron chi connectivity index (χ1n) is 6.81. The van der Waals surface area contributed by atoms with E-state index in [9.17, 15) is 4.79 Å². The molecule has 0 aliphatic carbocycles. The van der Waals surface area contributed by atoms with Gasteiger partial charge in [0.05, 0.1) is 12.2 Å². The first-order valence-corrected chi connectivity index (χ1v) is 6.81. The van der Waals surface area contributed by atoms with Crippen LogP contribution in [0.4, 0.5) is 11.4 Å². The van der Waals surface area contributed by atoms with Gasteiger partial charge in [0.2, 0.25) is 0 Å². The van der Waals surface area contributed by atoms with Crippen LogP contribution in [0.5, 0.6) is 0 Å². The Bertz CT molecular complexity index is 641. The zero-order valence-electron chi connectivity index (χ0n) is 12.2. The Kier molecular flexibility index (Phi) is 4.77. The summed E-state index contributed by atoms with van der Waals surface area (Å²) in [5.41, 5.74) is 9.69. The SMILES string of the molecule is CCOC(=O)c1cc(NCc2cnccc2C)ccc1N. The topological polar surface area (TPSA) is 77.2 Å². The van der Waals surface area contributed by atoms with Crippen molar-refractivity contribution < 1.29 is 9.53 Å². The van der Waals surface area contributed by atoms with Gasteiger partial charge in [-0.3, -0.25) is 4.98 Å². The van der Waals surface area contributed by atoms with Gasteiger partial charge in [0.15, 0.2) is 0 Å². The molecule has 1 heterocycles. The second-order valence-electron chi connectivity index (χ2n) is 4.68. The van der Waals surface area contributed by atoms with Crippen LogP contribution in [0.1, 0.15) is 28.4 Å². The first-order chi connectivity index (χ1) is 10.1. The molecule has 0 fully saturated rings. The van der Waals surface area contributed by atoms with Crippen LogP contribution in [0.25, 0.3) is 0 Å². The Morgan fingerprint density at radius 3 is 2.90 bits per heavy atom. The van der Waals surface area contributed by atoms with E-state index >= 15 is 0 Å². The zero-order chi connectivity index (χ0) is 15.2. The van der Waals surface area contributed by atoms with Gasteiger partial charge in [-0.2, -0.15) is 0 Å². The Hall–Kier alpha value is -2.56. The number of rotatable bonds is 5. The molecule has 110 valence electrons. The Morgan fingerprint density at radius 2 is 2.19 bits per heavy atom. The summed E-state index contributed by atoms with van der Waals surface area (Å²) < 4.78 is 4.99. The summed E-state index contributed by atoms with van der Waals surface area (Å²) in [6, 6.07) is 7.21. The Labute approximate surface area is 124 Å². The van der Waals surface area contributed by atoms with E-state index in [1.165, 1.54) is 5.56 Å². The minimum Gasteiger partial charge on any atom is -0.462 e. The average Bonchev–Trinajstić information content (AvgIpc) is 2.48. The number of ether oxygens (including phenoxy) is 1. The average molecular weight is 285 g/mol. The van der Waals surface area contributed by atoms with Crippen molar-refractivity contribution in [2.24, 2.45) is 0 Å². The van der Waals surface area contributed by atoms with Crippen LogP contribution in [0, 0.1) is 6.92 Å². The number of nitrogen functional groups attached to an aromatic ring is 1. The number of pyridine rings is 1. The third kappa shape index (κ3) is 3.72. The van der Waals surface area contributed by atoms with E-state index in [1.807, 2.05) is 25.3 Å². The number of aromatic nitrogens is 1. The fraction of sp³-hybridized carbons (Fsp3) is 0.250. The smallest absolute Gasteiger partial charge is 0.340 e. The van der Waals surface area contributed by atoms with Gasteiger partial charge in [0, 0.05) is 30.3 Å². The van der Waals surface area contributed by atoms with Crippen molar-refractivity contribution in [1.29, 1.82) is 0 Å². The Morgan fingerprint density at radius 1 is 1.38 bits per heavy atom. The van der Waals surface area contributed by atoms with Crippen LogP contribution >= 0.6 is 0 Å². The first kappa shape index (κ1) is 14.8. The summed E-state index contributed by atoms with van der Waals surface area (Å²) in [6.45, 7) is 4.75. The number of esters is 1. The molecule has 0 spiro atoms. The number of hydrogen-bond acceptors (Lipinski definition) is 5. The summed E-state index contributed by atoms with van der Waals surface area (Å²) in [7, 11) is 0. The lowest BCUT2D eigenvalue weighted by Crippen LogP contribution is -2.09. The number of carbonyl (C=O) groups is 1. The van der Waals surface area contributed by atoms with Crippen molar-refractivity contribution in [2.75, 3.05) is 17.7 Å². The molecule has 0 aliphatic rings. The van der Waals surface area contributed by atoms with E-state index < -0.39 is 5.97 Å². The molecular formula is C16H19N3O2. The monoisotopic (exact) mass is 285 g/mol. The summed E-state index contributed by atoms with van der Waals surface area (Å²) in [5.74, 6) is -0.406. The standard InChI is InChI=1S/C16H19N3O2/c1-3-21-16(20)14-8-13(4-5-15(14)17)19-10-12-9-18-7-6-11(12)2/h4-9,19H,3,10,17H2,1-2H3. The summed E-state index contributed by atoms with van der Waals surface area (Å²) in [4.78, 5) is 15.9. The zero-order valence-corrected chi connectivity index (χ0v) is 12.2. The number of nitrogens with zero attached hydrogens (tertiary/aromatic N) is 1. The van der Waals surface area contributed by atoms with Crippen molar-refractivity contribution in [3.63, 3.8) is 0 Å². The second-order valence-corrected chi connectivity index (χ2v) is 4.68. The molecule has 5 nitrogen and oxygen atoms in total. The van der Waals surface area contributed by atoms with Crippen molar-refractivity contribution in [1.82, 2.24) is 4.98 Å². The number of nitrogens with two attached hydrogens (primary N) is 1. The third-order valence-corrected chi connectivity index (χ3v) is 3.18. The number of benzene rings is 1. The van der Waals surface area contributed by atoms with E-state index in [-0.39, 0.29) is 0 Å². The van der Waals surface area contributed by atoms with Crippen molar-refractivity contribution in [3.05, 3.63) is 53.3 Å². The largest absolute Gasteiger partial charge is 0.462 e. The number of anilines is 2. The van der Waals surface area contributed by atoms with E-state index in [0.717, 1.165) is 11.3 Å². The van der Waals surface area contributed by atoms with Crippen LogP contribution in [0.2, 0.25) is 0 Å². The lowest BCUT2D eigenvalue weighted by atomic mass is 10.1. The van der Waals surface area contributed by atoms with Gasteiger partial charge in [-0.1, -0.05) is 0 Å². The predicted octanol–water partition coefficient (Wildman–Crippen LogP) is 2.76. The maximum atomic E-state index is 11.8. The highest BCUT2D eigenvalue weighted by Gasteiger charge is 2.11. The molecule has 0 atom stereocenters.